The molecule has 0 saturated heterocycles. The second-order valence-corrected chi connectivity index (χ2v) is 9.68. The fraction of sp³-hybridized carbons (Fsp3) is 0.0588. The monoisotopic (exact) mass is 475 g/mol. The number of aromatic nitrogens is 3. The molecule has 7 aromatic rings. The fourth-order valence-electron chi connectivity index (χ4n) is 5.20. The van der Waals surface area contributed by atoms with E-state index < -0.39 is 0 Å². The minimum atomic E-state index is 0.898. The summed E-state index contributed by atoms with van der Waals surface area (Å²) in [4.78, 5) is 10.4. The summed E-state index contributed by atoms with van der Waals surface area (Å²) in [6.45, 7) is 4.30. The Hall–Kier alpha value is -4.76. The molecular formula is C34H25N3. The molecule has 0 unspecified atom stereocenters. The van der Waals surface area contributed by atoms with Gasteiger partial charge in [0, 0.05) is 10.9 Å². The summed E-state index contributed by atoms with van der Waals surface area (Å²) in [5, 5.41) is 1.06. The number of imidazole rings is 1. The largest absolute Gasteiger partial charge is 0.276 e. The first-order valence-electron chi connectivity index (χ1n) is 12.6. The van der Waals surface area contributed by atoms with Crippen molar-refractivity contribution in [3.05, 3.63) is 126 Å². The maximum atomic E-state index is 5.24. The summed E-state index contributed by atoms with van der Waals surface area (Å²) in [6, 6.07) is 40.6. The van der Waals surface area contributed by atoms with Gasteiger partial charge in [-0.25, -0.2) is 9.97 Å². The SMILES string of the molecule is Cc1cc2nc3c4ccccc4nc(-c4cc(-c5ccccc5)cc(-c5ccccc5)c4)n3c2cc1C. The Morgan fingerprint density at radius 3 is 1.73 bits per heavy atom. The molecule has 0 aliphatic rings. The third kappa shape index (κ3) is 3.59. The molecule has 0 N–H and O–H groups in total. The third-order valence-corrected chi connectivity index (χ3v) is 7.26. The van der Waals surface area contributed by atoms with Gasteiger partial charge in [-0.15, -0.1) is 0 Å². The van der Waals surface area contributed by atoms with Crippen LogP contribution in [-0.4, -0.2) is 14.4 Å². The van der Waals surface area contributed by atoms with Crippen LogP contribution in [-0.2, 0) is 0 Å². The normalized spacial score (nSPS) is 11.5. The zero-order valence-corrected chi connectivity index (χ0v) is 20.8. The van der Waals surface area contributed by atoms with Crippen LogP contribution in [0.15, 0.2) is 115 Å². The van der Waals surface area contributed by atoms with Crippen LogP contribution in [0.25, 0.3) is 61.2 Å². The molecule has 37 heavy (non-hydrogen) atoms. The van der Waals surface area contributed by atoms with Gasteiger partial charge in [0.05, 0.1) is 16.6 Å². The molecule has 0 saturated carbocycles. The first kappa shape index (κ1) is 21.5. The van der Waals surface area contributed by atoms with Crippen LogP contribution in [0.1, 0.15) is 11.1 Å². The summed E-state index contributed by atoms with van der Waals surface area (Å²) in [5.74, 6) is 0.898. The van der Waals surface area contributed by atoms with E-state index in [-0.39, 0.29) is 0 Å². The van der Waals surface area contributed by atoms with Crippen LogP contribution in [0.3, 0.4) is 0 Å². The van der Waals surface area contributed by atoms with Crippen LogP contribution < -0.4 is 0 Å². The predicted molar refractivity (Wildman–Crippen MR) is 154 cm³/mol. The Labute approximate surface area is 215 Å². The smallest absolute Gasteiger partial charge is 0.149 e. The molecule has 0 radical (unpaired) electrons. The number of rotatable bonds is 3. The van der Waals surface area contributed by atoms with Crippen LogP contribution in [0.5, 0.6) is 0 Å². The van der Waals surface area contributed by atoms with E-state index in [4.69, 9.17) is 9.97 Å². The predicted octanol–water partition coefficient (Wildman–Crippen LogP) is 8.65. The first-order valence-corrected chi connectivity index (χ1v) is 12.6. The maximum Gasteiger partial charge on any atom is 0.149 e. The molecular weight excluding hydrogens is 450 g/mol. The van der Waals surface area contributed by atoms with Gasteiger partial charge < -0.3 is 0 Å². The van der Waals surface area contributed by atoms with E-state index in [1.165, 1.54) is 22.3 Å². The fourth-order valence-corrected chi connectivity index (χ4v) is 5.20. The van der Waals surface area contributed by atoms with Crippen LogP contribution in [0.2, 0.25) is 0 Å². The van der Waals surface area contributed by atoms with Gasteiger partial charge in [0.2, 0.25) is 0 Å². The van der Waals surface area contributed by atoms with Crippen molar-refractivity contribution in [2.24, 2.45) is 0 Å². The lowest BCUT2D eigenvalue weighted by atomic mass is 9.95. The van der Waals surface area contributed by atoms with Crippen molar-refractivity contribution in [1.82, 2.24) is 14.4 Å². The lowest BCUT2D eigenvalue weighted by Gasteiger charge is -2.14. The number of hydrogen-bond acceptors (Lipinski definition) is 2. The van der Waals surface area contributed by atoms with Crippen LogP contribution >= 0.6 is 0 Å². The molecule has 5 aromatic carbocycles. The molecule has 3 nitrogen and oxygen atoms in total. The van der Waals surface area contributed by atoms with E-state index in [1.807, 2.05) is 6.07 Å². The average Bonchev–Trinajstić information content (AvgIpc) is 3.32. The number of hydrogen-bond donors (Lipinski definition) is 0. The van der Waals surface area contributed by atoms with Crippen molar-refractivity contribution < 1.29 is 0 Å². The van der Waals surface area contributed by atoms with Crippen LogP contribution in [0.4, 0.5) is 0 Å². The highest BCUT2D eigenvalue weighted by atomic mass is 15.1. The van der Waals surface area contributed by atoms with Crippen LogP contribution in [0, 0.1) is 13.8 Å². The summed E-state index contributed by atoms with van der Waals surface area (Å²) in [6.07, 6.45) is 0. The molecule has 0 spiro atoms. The van der Waals surface area contributed by atoms with Gasteiger partial charge in [0.15, 0.2) is 0 Å². The van der Waals surface area contributed by atoms with Gasteiger partial charge in [-0.2, -0.15) is 0 Å². The summed E-state index contributed by atoms with van der Waals surface area (Å²) < 4.78 is 2.24. The molecule has 3 heteroatoms. The Kier molecular flexibility index (Phi) is 4.90. The Balaban J connectivity index is 1.61. The molecule has 176 valence electrons. The highest BCUT2D eigenvalue weighted by molar-refractivity contribution is 5.99. The van der Waals surface area contributed by atoms with E-state index in [0.29, 0.717) is 0 Å². The van der Waals surface area contributed by atoms with E-state index in [2.05, 4.69) is 127 Å². The van der Waals surface area contributed by atoms with Crippen molar-refractivity contribution in [3.8, 4) is 33.6 Å². The summed E-state index contributed by atoms with van der Waals surface area (Å²) in [5.41, 5.74) is 12.2. The Morgan fingerprint density at radius 1 is 0.486 bits per heavy atom. The third-order valence-electron chi connectivity index (χ3n) is 7.26. The second kappa shape index (κ2) is 8.42. The minimum Gasteiger partial charge on any atom is -0.276 e. The van der Waals surface area contributed by atoms with Gasteiger partial charge in [-0.1, -0.05) is 72.8 Å². The molecule has 0 aliphatic carbocycles. The number of para-hydroxylation sites is 1. The zero-order valence-electron chi connectivity index (χ0n) is 20.8. The molecule has 0 fully saturated rings. The molecule has 0 atom stereocenters. The van der Waals surface area contributed by atoms with E-state index in [0.717, 1.165) is 50.1 Å². The maximum absolute atomic E-state index is 5.24. The Morgan fingerprint density at radius 2 is 1.05 bits per heavy atom. The van der Waals surface area contributed by atoms with E-state index >= 15 is 0 Å². The molecule has 0 amide bonds. The average molecular weight is 476 g/mol. The molecule has 7 rings (SSSR count). The zero-order chi connectivity index (χ0) is 24.9. The molecule has 0 aliphatic heterocycles. The second-order valence-electron chi connectivity index (χ2n) is 9.68. The topological polar surface area (TPSA) is 30.2 Å². The van der Waals surface area contributed by atoms with Gasteiger partial charge in [-0.3, -0.25) is 4.40 Å². The molecule has 2 aromatic heterocycles. The van der Waals surface area contributed by atoms with E-state index in [9.17, 15) is 0 Å². The molecule has 0 bridgehead atoms. The van der Waals surface area contributed by atoms with Crippen molar-refractivity contribution in [1.29, 1.82) is 0 Å². The number of benzene rings is 5. The highest BCUT2D eigenvalue weighted by Crippen LogP contribution is 2.35. The van der Waals surface area contributed by atoms with Gasteiger partial charge >= 0.3 is 0 Å². The van der Waals surface area contributed by atoms with E-state index in [1.54, 1.807) is 0 Å². The standard InChI is InChI=1S/C34H25N3/c1-22-17-31-32(18-23(22)2)37-33(35-30-16-10-9-15-29(30)34(37)36-31)28-20-26(24-11-5-3-6-12-24)19-27(21-28)25-13-7-4-8-14-25/h3-21H,1-2H3. The first-order chi connectivity index (χ1) is 18.2. The lowest BCUT2D eigenvalue weighted by Crippen LogP contribution is -1.99. The van der Waals surface area contributed by atoms with Crippen molar-refractivity contribution in [3.63, 3.8) is 0 Å². The highest BCUT2D eigenvalue weighted by Gasteiger charge is 2.17. The van der Waals surface area contributed by atoms with Crippen molar-refractivity contribution >= 4 is 27.6 Å². The van der Waals surface area contributed by atoms with Crippen molar-refractivity contribution in [2.75, 3.05) is 0 Å². The minimum absolute atomic E-state index is 0.898. The van der Waals surface area contributed by atoms with Gasteiger partial charge in [0.25, 0.3) is 0 Å². The summed E-state index contributed by atoms with van der Waals surface area (Å²) in [7, 11) is 0. The van der Waals surface area contributed by atoms with Gasteiger partial charge in [-0.05, 0) is 89.7 Å². The number of nitrogens with zero attached hydrogens (tertiary/aromatic N) is 3. The number of fused-ring (bicyclic) bond motifs is 5. The van der Waals surface area contributed by atoms with Crippen molar-refractivity contribution in [2.45, 2.75) is 13.8 Å². The number of aryl methyl sites for hydroxylation is 2. The summed E-state index contributed by atoms with van der Waals surface area (Å²) >= 11 is 0. The van der Waals surface area contributed by atoms with Gasteiger partial charge in [0.1, 0.15) is 11.5 Å². The Bertz CT molecular complexity index is 1880. The molecule has 2 heterocycles. The quantitative estimate of drug-likeness (QED) is 0.256. The lowest BCUT2D eigenvalue weighted by molar-refractivity contribution is 1.16.